The molecule has 3 rings (SSSR count). The van der Waals surface area contributed by atoms with E-state index in [0.29, 0.717) is 6.54 Å². The number of aryl methyl sites for hydroxylation is 1. The minimum absolute atomic E-state index is 0. The van der Waals surface area contributed by atoms with Gasteiger partial charge in [0.15, 0.2) is 0 Å². The predicted octanol–water partition coefficient (Wildman–Crippen LogP) is 2.48. The van der Waals surface area contributed by atoms with Crippen LogP contribution in [0.15, 0.2) is 24.3 Å². The molecule has 0 bridgehead atoms. The Bertz CT molecular complexity index is 515. The largest absolute Gasteiger partial charge is 0.339 e. The number of carbonyl (C=O) groups excluding carboxylic acids is 1. The molecule has 1 amide bonds. The maximum atomic E-state index is 12.2. The lowest BCUT2D eigenvalue weighted by Gasteiger charge is -2.35. The van der Waals surface area contributed by atoms with Gasteiger partial charge in [-0.1, -0.05) is 24.3 Å². The highest BCUT2D eigenvalue weighted by Gasteiger charge is 2.23. The highest BCUT2D eigenvalue weighted by molar-refractivity contribution is 5.85. The van der Waals surface area contributed by atoms with E-state index in [1.54, 1.807) is 0 Å². The third-order valence-corrected chi connectivity index (χ3v) is 4.79. The molecule has 136 valence electrons. The smallest absolute Gasteiger partial charge is 0.236 e. The molecule has 1 saturated heterocycles. The molecular weight excluding hydrogens is 345 g/mol. The number of carbonyl (C=O) groups is 1. The van der Waals surface area contributed by atoms with Gasteiger partial charge >= 0.3 is 0 Å². The first-order valence-corrected chi connectivity index (χ1v) is 8.48. The monoisotopic (exact) mass is 373 g/mol. The SMILES string of the molecule is Cc1ccccc1CN1CCN(C(=O)CNCC2CC2)CC1.Cl.Cl. The summed E-state index contributed by atoms with van der Waals surface area (Å²) in [6, 6.07) is 8.56. The average molecular weight is 374 g/mol. The van der Waals surface area contributed by atoms with Gasteiger partial charge < -0.3 is 10.2 Å². The van der Waals surface area contributed by atoms with Crippen LogP contribution in [-0.2, 0) is 11.3 Å². The molecule has 0 atom stereocenters. The van der Waals surface area contributed by atoms with E-state index in [1.807, 2.05) is 4.90 Å². The highest BCUT2D eigenvalue weighted by atomic mass is 35.5. The van der Waals surface area contributed by atoms with Crippen molar-refractivity contribution in [1.29, 1.82) is 0 Å². The minimum atomic E-state index is 0. The summed E-state index contributed by atoms with van der Waals surface area (Å²) in [7, 11) is 0. The molecule has 1 aliphatic heterocycles. The number of nitrogens with one attached hydrogen (secondary N) is 1. The van der Waals surface area contributed by atoms with Crippen LogP contribution >= 0.6 is 24.8 Å². The predicted molar refractivity (Wildman–Crippen MR) is 103 cm³/mol. The summed E-state index contributed by atoms with van der Waals surface area (Å²) in [6.07, 6.45) is 2.66. The standard InChI is InChI=1S/C18H27N3O.2ClH/c1-15-4-2-3-5-17(15)14-20-8-10-21(11-9-20)18(22)13-19-12-16-6-7-16;;/h2-5,16,19H,6-14H2,1H3;2*1H. The zero-order valence-electron chi connectivity index (χ0n) is 14.4. The number of halogens is 2. The molecule has 1 N–H and O–H groups in total. The maximum absolute atomic E-state index is 12.2. The van der Waals surface area contributed by atoms with E-state index in [9.17, 15) is 4.79 Å². The number of hydrogen-bond acceptors (Lipinski definition) is 3. The van der Waals surface area contributed by atoms with Crippen LogP contribution in [0.2, 0.25) is 0 Å². The molecule has 6 heteroatoms. The fourth-order valence-electron chi connectivity index (χ4n) is 3.00. The van der Waals surface area contributed by atoms with E-state index in [-0.39, 0.29) is 30.7 Å². The average Bonchev–Trinajstić information content (AvgIpc) is 3.34. The van der Waals surface area contributed by atoms with E-state index < -0.39 is 0 Å². The third-order valence-electron chi connectivity index (χ3n) is 4.79. The Morgan fingerprint density at radius 2 is 1.79 bits per heavy atom. The Morgan fingerprint density at radius 1 is 1.12 bits per heavy atom. The second-order valence-electron chi connectivity index (χ2n) is 6.66. The van der Waals surface area contributed by atoms with Crippen LogP contribution in [0.1, 0.15) is 24.0 Å². The van der Waals surface area contributed by atoms with Crippen LogP contribution < -0.4 is 5.32 Å². The molecule has 1 heterocycles. The van der Waals surface area contributed by atoms with Crippen LogP contribution in [0.25, 0.3) is 0 Å². The third kappa shape index (κ3) is 6.25. The van der Waals surface area contributed by atoms with Gasteiger partial charge in [-0.25, -0.2) is 0 Å². The first kappa shape index (κ1) is 21.2. The minimum Gasteiger partial charge on any atom is -0.339 e. The van der Waals surface area contributed by atoms with Gasteiger partial charge in [0, 0.05) is 32.7 Å². The van der Waals surface area contributed by atoms with E-state index in [1.165, 1.54) is 24.0 Å². The summed E-state index contributed by atoms with van der Waals surface area (Å²) in [5, 5.41) is 3.30. The Labute approximate surface area is 157 Å². The molecular formula is C18H29Cl2N3O. The zero-order valence-corrected chi connectivity index (χ0v) is 16.0. The van der Waals surface area contributed by atoms with Gasteiger partial charge in [-0.3, -0.25) is 9.69 Å². The zero-order chi connectivity index (χ0) is 15.4. The molecule has 1 aliphatic carbocycles. The van der Waals surface area contributed by atoms with Crippen molar-refractivity contribution < 1.29 is 4.79 Å². The lowest BCUT2D eigenvalue weighted by Crippen LogP contribution is -2.50. The molecule has 1 aromatic rings. The molecule has 0 radical (unpaired) electrons. The fourth-order valence-corrected chi connectivity index (χ4v) is 3.00. The van der Waals surface area contributed by atoms with Crippen molar-refractivity contribution in [3.8, 4) is 0 Å². The lowest BCUT2D eigenvalue weighted by molar-refractivity contribution is -0.132. The molecule has 2 fully saturated rings. The molecule has 0 spiro atoms. The first-order valence-electron chi connectivity index (χ1n) is 8.48. The second kappa shape index (κ2) is 10.2. The maximum Gasteiger partial charge on any atom is 0.236 e. The van der Waals surface area contributed by atoms with Crippen LogP contribution in [0.4, 0.5) is 0 Å². The molecule has 1 aromatic carbocycles. The van der Waals surface area contributed by atoms with E-state index in [2.05, 4.69) is 41.4 Å². The summed E-state index contributed by atoms with van der Waals surface area (Å²) in [6.45, 7) is 8.35. The normalized spacial score (nSPS) is 17.8. The second-order valence-corrected chi connectivity index (χ2v) is 6.66. The van der Waals surface area contributed by atoms with Crippen molar-refractivity contribution in [2.75, 3.05) is 39.3 Å². The summed E-state index contributed by atoms with van der Waals surface area (Å²) in [4.78, 5) is 16.6. The highest BCUT2D eigenvalue weighted by Crippen LogP contribution is 2.27. The Balaban J connectivity index is 0.00000144. The van der Waals surface area contributed by atoms with Gasteiger partial charge in [0.05, 0.1) is 6.54 Å². The molecule has 0 unspecified atom stereocenters. The van der Waals surface area contributed by atoms with Crippen molar-refractivity contribution in [3.63, 3.8) is 0 Å². The molecule has 2 aliphatic rings. The van der Waals surface area contributed by atoms with E-state index in [4.69, 9.17) is 0 Å². The molecule has 0 aromatic heterocycles. The van der Waals surface area contributed by atoms with Crippen molar-refractivity contribution in [3.05, 3.63) is 35.4 Å². The number of nitrogens with zero attached hydrogens (tertiary/aromatic N) is 2. The van der Waals surface area contributed by atoms with Crippen molar-refractivity contribution in [2.45, 2.75) is 26.3 Å². The Hall–Kier alpha value is -0.810. The first-order chi connectivity index (χ1) is 10.7. The van der Waals surface area contributed by atoms with Gasteiger partial charge in [0.2, 0.25) is 5.91 Å². The topological polar surface area (TPSA) is 35.6 Å². The van der Waals surface area contributed by atoms with Crippen molar-refractivity contribution >= 4 is 30.7 Å². The van der Waals surface area contributed by atoms with E-state index >= 15 is 0 Å². The summed E-state index contributed by atoms with van der Waals surface area (Å²) >= 11 is 0. The summed E-state index contributed by atoms with van der Waals surface area (Å²) < 4.78 is 0. The summed E-state index contributed by atoms with van der Waals surface area (Å²) in [5.74, 6) is 1.09. The Morgan fingerprint density at radius 3 is 2.42 bits per heavy atom. The molecule has 4 nitrogen and oxygen atoms in total. The van der Waals surface area contributed by atoms with E-state index in [0.717, 1.165) is 45.2 Å². The number of benzene rings is 1. The van der Waals surface area contributed by atoms with Gasteiger partial charge in [0.25, 0.3) is 0 Å². The number of piperazine rings is 1. The molecule has 1 saturated carbocycles. The number of rotatable bonds is 6. The van der Waals surface area contributed by atoms with Crippen LogP contribution in [0.3, 0.4) is 0 Å². The van der Waals surface area contributed by atoms with Gasteiger partial charge in [-0.05, 0) is 43.4 Å². The van der Waals surface area contributed by atoms with Crippen LogP contribution in [-0.4, -0.2) is 55.0 Å². The van der Waals surface area contributed by atoms with Crippen molar-refractivity contribution in [1.82, 2.24) is 15.1 Å². The Kier molecular flexibility index (Phi) is 9.06. The number of amides is 1. The van der Waals surface area contributed by atoms with Gasteiger partial charge in [-0.15, -0.1) is 24.8 Å². The summed E-state index contributed by atoms with van der Waals surface area (Å²) in [5.41, 5.74) is 2.75. The van der Waals surface area contributed by atoms with Gasteiger partial charge in [0.1, 0.15) is 0 Å². The van der Waals surface area contributed by atoms with Gasteiger partial charge in [-0.2, -0.15) is 0 Å². The lowest BCUT2D eigenvalue weighted by atomic mass is 10.1. The van der Waals surface area contributed by atoms with Crippen molar-refractivity contribution in [2.24, 2.45) is 5.92 Å². The van der Waals surface area contributed by atoms with Crippen LogP contribution in [0.5, 0.6) is 0 Å². The fraction of sp³-hybridized carbons (Fsp3) is 0.611. The quantitative estimate of drug-likeness (QED) is 0.831. The molecule has 24 heavy (non-hydrogen) atoms. The number of hydrogen-bond donors (Lipinski definition) is 1. The van der Waals surface area contributed by atoms with Crippen LogP contribution in [0, 0.1) is 12.8 Å².